The van der Waals surface area contributed by atoms with Gasteiger partial charge in [0.05, 0.1) is 10.9 Å². The summed E-state index contributed by atoms with van der Waals surface area (Å²) in [5, 5.41) is 4.15. The zero-order valence-electron chi connectivity index (χ0n) is 15.8. The lowest BCUT2D eigenvalue weighted by Crippen LogP contribution is -2.28. The van der Waals surface area contributed by atoms with Crippen LogP contribution in [0.3, 0.4) is 0 Å². The van der Waals surface area contributed by atoms with E-state index in [1.165, 1.54) is 18.7 Å². The highest BCUT2D eigenvalue weighted by molar-refractivity contribution is 7.99. The van der Waals surface area contributed by atoms with Crippen LogP contribution in [0.25, 0.3) is 10.9 Å². The van der Waals surface area contributed by atoms with Crippen LogP contribution in [0.1, 0.15) is 27.2 Å². The summed E-state index contributed by atoms with van der Waals surface area (Å²) in [6, 6.07) is 7.46. The van der Waals surface area contributed by atoms with Crippen LogP contribution in [-0.4, -0.2) is 52.3 Å². The molecule has 2 rings (SSSR count). The van der Waals surface area contributed by atoms with Crippen molar-refractivity contribution >= 4 is 28.6 Å². The molecule has 0 aliphatic carbocycles. The summed E-state index contributed by atoms with van der Waals surface area (Å²) < 4.78 is 1.78. The van der Waals surface area contributed by atoms with Crippen molar-refractivity contribution in [2.75, 3.05) is 31.9 Å². The summed E-state index contributed by atoms with van der Waals surface area (Å²) in [7, 11) is 0. The maximum atomic E-state index is 12.9. The van der Waals surface area contributed by atoms with Gasteiger partial charge in [0.2, 0.25) is 5.91 Å². The molecule has 0 spiro atoms. The number of nitrogens with one attached hydrogen (secondary N) is 1. The van der Waals surface area contributed by atoms with E-state index >= 15 is 0 Å². The first kappa shape index (κ1) is 20.5. The van der Waals surface area contributed by atoms with Crippen molar-refractivity contribution in [2.24, 2.45) is 0 Å². The van der Waals surface area contributed by atoms with Gasteiger partial charge in [-0.15, -0.1) is 0 Å². The molecule has 142 valence electrons. The molecule has 0 fully saturated rings. The van der Waals surface area contributed by atoms with Gasteiger partial charge in [0.1, 0.15) is 0 Å². The number of carbonyl (C=O) groups is 1. The van der Waals surface area contributed by atoms with E-state index in [1.54, 1.807) is 4.57 Å². The molecule has 7 heteroatoms. The molecule has 26 heavy (non-hydrogen) atoms. The molecule has 1 aromatic carbocycles. The Balaban J connectivity index is 2.19. The first-order valence-corrected chi connectivity index (χ1v) is 10.1. The number of rotatable bonds is 10. The Morgan fingerprint density at radius 1 is 1.27 bits per heavy atom. The second kappa shape index (κ2) is 10.3. The first-order valence-electron chi connectivity index (χ1n) is 9.16. The van der Waals surface area contributed by atoms with Crippen LogP contribution in [-0.2, 0) is 11.3 Å². The molecule has 0 atom stereocenters. The number of amides is 1. The van der Waals surface area contributed by atoms with E-state index in [4.69, 9.17) is 4.98 Å². The summed E-state index contributed by atoms with van der Waals surface area (Å²) in [5.74, 6) is 0.633. The van der Waals surface area contributed by atoms with E-state index < -0.39 is 0 Å². The van der Waals surface area contributed by atoms with Gasteiger partial charge in [-0.1, -0.05) is 37.7 Å². The number of fused-ring (bicyclic) bond motifs is 1. The fourth-order valence-corrected chi connectivity index (χ4v) is 3.70. The molecule has 0 saturated heterocycles. The van der Waals surface area contributed by atoms with Crippen LogP contribution in [0, 0.1) is 0 Å². The largest absolute Gasteiger partial charge is 0.356 e. The molecule has 0 saturated carbocycles. The summed E-state index contributed by atoms with van der Waals surface area (Å²) in [5.41, 5.74) is 0.733. The highest BCUT2D eigenvalue weighted by atomic mass is 32.2. The van der Waals surface area contributed by atoms with E-state index in [0.29, 0.717) is 24.2 Å². The molecule has 0 bridgehead atoms. The normalized spacial score (nSPS) is 11.2. The van der Waals surface area contributed by atoms with E-state index in [1.807, 2.05) is 24.3 Å². The minimum Gasteiger partial charge on any atom is -0.356 e. The van der Waals surface area contributed by atoms with Gasteiger partial charge in [-0.25, -0.2) is 4.98 Å². The Labute approximate surface area is 159 Å². The van der Waals surface area contributed by atoms with Crippen LogP contribution >= 0.6 is 11.8 Å². The Kier molecular flexibility index (Phi) is 8.12. The Morgan fingerprint density at radius 2 is 2.00 bits per heavy atom. The van der Waals surface area contributed by atoms with Crippen molar-refractivity contribution in [2.45, 2.75) is 38.9 Å². The lowest BCUT2D eigenvalue weighted by molar-refractivity contribution is -0.118. The van der Waals surface area contributed by atoms with Crippen molar-refractivity contribution in [3.8, 4) is 0 Å². The fourth-order valence-electron chi connectivity index (χ4n) is 2.82. The van der Waals surface area contributed by atoms with Crippen molar-refractivity contribution < 1.29 is 4.79 Å². The Morgan fingerprint density at radius 3 is 2.69 bits per heavy atom. The van der Waals surface area contributed by atoms with Crippen LogP contribution < -0.4 is 10.9 Å². The van der Waals surface area contributed by atoms with Crippen molar-refractivity contribution in [1.29, 1.82) is 0 Å². The van der Waals surface area contributed by atoms with E-state index in [0.717, 1.165) is 36.7 Å². The zero-order chi connectivity index (χ0) is 18.9. The first-order chi connectivity index (χ1) is 12.6. The maximum absolute atomic E-state index is 12.9. The third kappa shape index (κ3) is 5.57. The van der Waals surface area contributed by atoms with Crippen molar-refractivity contribution in [1.82, 2.24) is 19.8 Å². The summed E-state index contributed by atoms with van der Waals surface area (Å²) in [6.45, 7) is 9.99. The number of aromatic nitrogens is 2. The highest BCUT2D eigenvalue weighted by Crippen LogP contribution is 2.17. The number of hydrogen-bond donors (Lipinski definition) is 1. The SMILES string of the molecule is CCN(CC)CCCn1c(SCCNC(C)=O)nc2ccccc2c1=O. The average Bonchev–Trinajstić information content (AvgIpc) is 2.64. The summed E-state index contributed by atoms with van der Waals surface area (Å²) in [4.78, 5) is 31.0. The van der Waals surface area contributed by atoms with Gasteiger partial charge in [-0.3, -0.25) is 14.2 Å². The molecular formula is C19H28N4O2S. The number of hydrogen-bond acceptors (Lipinski definition) is 5. The number of thioether (sulfide) groups is 1. The van der Waals surface area contributed by atoms with Gasteiger partial charge in [-0.2, -0.15) is 0 Å². The number of nitrogens with zero attached hydrogens (tertiary/aromatic N) is 3. The zero-order valence-corrected chi connectivity index (χ0v) is 16.6. The molecule has 6 nitrogen and oxygen atoms in total. The minimum absolute atomic E-state index is 0.0113. The quantitative estimate of drug-likeness (QED) is 0.392. The second-order valence-corrected chi connectivity index (χ2v) is 7.14. The Hall–Kier alpha value is -1.86. The van der Waals surface area contributed by atoms with Crippen LogP contribution in [0.2, 0.25) is 0 Å². The molecular weight excluding hydrogens is 348 g/mol. The highest BCUT2D eigenvalue weighted by Gasteiger charge is 2.11. The number of para-hydroxylation sites is 1. The van der Waals surface area contributed by atoms with Gasteiger partial charge >= 0.3 is 0 Å². The average molecular weight is 377 g/mol. The second-order valence-electron chi connectivity index (χ2n) is 6.08. The molecule has 1 amide bonds. The summed E-state index contributed by atoms with van der Waals surface area (Å²) in [6.07, 6.45) is 0.904. The van der Waals surface area contributed by atoms with Gasteiger partial charge < -0.3 is 10.2 Å². The third-order valence-electron chi connectivity index (χ3n) is 4.28. The van der Waals surface area contributed by atoms with Gasteiger partial charge in [0, 0.05) is 25.8 Å². The number of benzene rings is 1. The predicted molar refractivity (Wildman–Crippen MR) is 108 cm³/mol. The monoisotopic (exact) mass is 376 g/mol. The maximum Gasteiger partial charge on any atom is 0.262 e. The molecule has 0 aliphatic rings. The lowest BCUT2D eigenvalue weighted by atomic mass is 10.2. The van der Waals surface area contributed by atoms with Gasteiger partial charge in [-0.05, 0) is 38.2 Å². The van der Waals surface area contributed by atoms with Crippen molar-refractivity contribution in [3.63, 3.8) is 0 Å². The third-order valence-corrected chi connectivity index (χ3v) is 5.26. The predicted octanol–water partition coefficient (Wildman–Crippen LogP) is 2.36. The molecule has 2 aromatic rings. The van der Waals surface area contributed by atoms with Crippen LogP contribution in [0.4, 0.5) is 0 Å². The topological polar surface area (TPSA) is 67.2 Å². The van der Waals surface area contributed by atoms with E-state index in [-0.39, 0.29) is 11.5 Å². The van der Waals surface area contributed by atoms with Crippen LogP contribution in [0.5, 0.6) is 0 Å². The standard InChI is InChI=1S/C19H28N4O2S/c1-4-22(5-2)12-8-13-23-18(25)16-9-6-7-10-17(16)21-19(23)26-14-11-20-15(3)24/h6-7,9-10H,4-5,8,11-14H2,1-3H3,(H,20,24). The van der Waals surface area contributed by atoms with Crippen LogP contribution in [0.15, 0.2) is 34.2 Å². The smallest absolute Gasteiger partial charge is 0.262 e. The number of carbonyl (C=O) groups excluding carboxylic acids is 1. The molecule has 0 unspecified atom stereocenters. The van der Waals surface area contributed by atoms with Gasteiger partial charge in [0.25, 0.3) is 5.56 Å². The molecule has 1 N–H and O–H groups in total. The fraction of sp³-hybridized carbons (Fsp3) is 0.526. The lowest BCUT2D eigenvalue weighted by Gasteiger charge is -2.19. The molecule has 0 aliphatic heterocycles. The van der Waals surface area contributed by atoms with E-state index in [9.17, 15) is 9.59 Å². The summed E-state index contributed by atoms with van der Waals surface area (Å²) >= 11 is 1.51. The minimum atomic E-state index is -0.0475. The van der Waals surface area contributed by atoms with E-state index in [2.05, 4.69) is 24.1 Å². The molecule has 1 heterocycles. The molecule has 0 radical (unpaired) electrons. The Bertz CT molecular complexity index is 787. The van der Waals surface area contributed by atoms with Crippen molar-refractivity contribution in [3.05, 3.63) is 34.6 Å². The molecule has 1 aromatic heterocycles. The van der Waals surface area contributed by atoms with Gasteiger partial charge in [0.15, 0.2) is 5.16 Å².